The van der Waals surface area contributed by atoms with Crippen molar-refractivity contribution in [3.05, 3.63) is 71.3 Å². The van der Waals surface area contributed by atoms with E-state index in [1.807, 2.05) is 24.3 Å². The summed E-state index contributed by atoms with van der Waals surface area (Å²) in [5, 5.41) is 0. The van der Waals surface area contributed by atoms with Crippen molar-refractivity contribution in [3.63, 3.8) is 0 Å². The molecule has 0 bridgehead atoms. The summed E-state index contributed by atoms with van der Waals surface area (Å²) in [7, 11) is 4.98. The van der Waals surface area contributed by atoms with Crippen LogP contribution in [0.25, 0.3) is 11.1 Å². The lowest BCUT2D eigenvalue weighted by atomic mass is 10.0. The first-order valence-electron chi connectivity index (χ1n) is 10.5. The van der Waals surface area contributed by atoms with Crippen molar-refractivity contribution < 1.29 is 18.9 Å². The van der Waals surface area contributed by atoms with Crippen molar-refractivity contribution in [1.29, 1.82) is 0 Å². The minimum Gasteiger partial charge on any atom is -0.493 e. The molecule has 0 saturated heterocycles. The summed E-state index contributed by atoms with van der Waals surface area (Å²) in [6, 6.07) is 18.7. The molecule has 1 aliphatic heterocycles. The Morgan fingerprint density at radius 2 is 1.58 bits per heavy atom. The van der Waals surface area contributed by atoms with Crippen LogP contribution >= 0.6 is 0 Å². The molecule has 3 aromatic carbocycles. The van der Waals surface area contributed by atoms with Crippen LogP contribution in [0.4, 0.5) is 0 Å². The van der Waals surface area contributed by atoms with Crippen molar-refractivity contribution in [1.82, 2.24) is 4.90 Å². The van der Waals surface area contributed by atoms with Gasteiger partial charge >= 0.3 is 0 Å². The zero-order chi connectivity index (χ0) is 21.8. The Hall–Kier alpha value is -3.18. The lowest BCUT2D eigenvalue weighted by Gasteiger charge is -2.21. The van der Waals surface area contributed by atoms with E-state index in [0.29, 0.717) is 18.1 Å². The van der Waals surface area contributed by atoms with E-state index in [9.17, 15) is 0 Å². The largest absolute Gasteiger partial charge is 0.493 e. The molecular formula is C26H29NO4. The molecule has 1 heterocycles. The molecule has 0 radical (unpaired) electrons. The SMILES string of the molecule is COc1ccc(-c2cc3c(c(OC)c2)OCCN(Cc2ccccc2C)C3)cc1OC. The van der Waals surface area contributed by atoms with Gasteiger partial charge < -0.3 is 18.9 Å². The number of nitrogens with zero attached hydrogens (tertiary/aromatic N) is 1. The number of hydrogen-bond acceptors (Lipinski definition) is 5. The van der Waals surface area contributed by atoms with Crippen LogP contribution < -0.4 is 18.9 Å². The predicted molar refractivity (Wildman–Crippen MR) is 122 cm³/mol. The number of rotatable bonds is 6. The molecule has 4 rings (SSSR count). The third-order valence-corrected chi connectivity index (χ3v) is 5.77. The first-order valence-corrected chi connectivity index (χ1v) is 10.5. The molecule has 0 amide bonds. The van der Waals surface area contributed by atoms with Crippen LogP contribution in [0.2, 0.25) is 0 Å². The molecule has 5 nitrogen and oxygen atoms in total. The highest BCUT2D eigenvalue weighted by Crippen LogP contribution is 2.40. The summed E-state index contributed by atoms with van der Waals surface area (Å²) >= 11 is 0. The molecule has 0 N–H and O–H groups in total. The zero-order valence-electron chi connectivity index (χ0n) is 18.6. The van der Waals surface area contributed by atoms with Crippen LogP contribution in [0.1, 0.15) is 16.7 Å². The van der Waals surface area contributed by atoms with Crippen molar-refractivity contribution in [3.8, 4) is 34.1 Å². The van der Waals surface area contributed by atoms with E-state index < -0.39 is 0 Å². The predicted octanol–water partition coefficient (Wildman–Crippen LogP) is 5.08. The van der Waals surface area contributed by atoms with Crippen LogP contribution in [0.15, 0.2) is 54.6 Å². The molecule has 31 heavy (non-hydrogen) atoms. The number of hydrogen-bond donors (Lipinski definition) is 0. The van der Waals surface area contributed by atoms with Gasteiger partial charge in [-0.1, -0.05) is 30.3 Å². The standard InChI is InChI=1S/C26H29NO4/c1-18-7-5-6-8-20(18)16-27-11-12-31-26-22(17-27)13-21(15-25(26)30-4)19-9-10-23(28-2)24(14-19)29-3/h5-10,13-15H,11-12,16-17H2,1-4H3. The quantitative estimate of drug-likeness (QED) is 0.557. The summed E-state index contributed by atoms with van der Waals surface area (Å²) in [4.78, 5) is 2.42. The second-order valence-electron chi connectivity index (χ2n) is 7.72. The highest BCUT2D eigenvalue weighted by atomic mass is 16.5. The minimum absolute atomic E-state index is 0.630. The van der Waals surface area contributed by atoms with Crippen molar-refractivity contribution in [2.75, 3.05) is 34.5 Å². The maximum Gasteiger partial charge on any atom is 0.165 e. The number of aryl methyl sites for hydroxylation is 1. The smallest absolute Gasteiger partial charge is 0.165 e. The van der Waals surface area contributed by atoms with Gasteiger partial charge in [-0.3, -0.25) is 4.90 Å². The van der Waals surface area contributed by atoms with E-state index in [4.69, 9.17) is 18.9 Å². The number of fused-ring (bicyclic) bond motifs is 1. The molecule has 3 aromatic rings. The Morgan fingerprint density at radius 1 is 0.839 bits per heavy atom. The zero-order valence-corrected chi connectivity index (χ0v) is 18.6. The average Bonchev–Trinajstić information content (AvgIpc) is 3.01. The highest BCUT2D eigenvalue weighted by molar-refractivity contribution is 5.71. The Kier molecular flexibility index (Phi) is 6.33. The van der Waals surface area contributed by atoms with Crippen LogP contribution in [-0.2, 0) is 13.1 Å². The minimum atomic E-state index is 0.630. The van der Waals surface area contributed by atoms with Crippen LogP contribution in [0.3, 0.4) is 0 Å². The summed E-state index contributed by atoms with van der Waals surface area (Å²) < 4.78 is 22.7. The maximum atomic E-state index is 6.13. The van der Waals surface area contributed by atoms with Gasteiger partial charge in [-0.05, 0) is 53.4 Å². The maximum absolute atomic E-state index is 6.13. The molecule has 0 atom stereocenters. The molecule has 0 fully saturated rings. The van der Waals surface area contributed by atoms with Gasteiger partial charge in [0, 0.05) is 25.2 Å². The molecule has 5 heteroatoms. The van der Waals surface area contributed by atoms with Crippen molar-refractivity contribution in [2.24, 2.45) is 0 Å². The molecule has 0 spiro atoms. The van der Waals surface area contributed by atoms with Gasteiger partial charge in [0.2, 0.25) is 0 Å². The van der Waals surface area contributed by atoms with Crippen LogP contribution in [0, 0.1) is 6.92 Å². The molecular weight excluding hydrogens is 390 g/mol. The Bertz CT molecular complexity index is 1060. The molecule has 0 unspecified atom stereocenters. The van der Waals surface area contributed by atoms with Crippen molar-refractivity contribution >= 4 is 0 Å². The van der Waals surface area contributed by atoms with Gasteiger partial charge in [0.1, 0.15) is 6.61 Å². The lowest BCUT2D eigenvalue weighted by Crippen LogP contribution is -2.25. The normalized spacial score (nSPS) is 13.7. The highest BCUT2D eigenvalue weighted by Gasteiger charge is 2.21. The summed E-state index contributed by atoms with van der Waals surface area (Å²) in [5.41, 5.74) is 5.86. The fourth-order valence-electron chi connectivity index (χ4n) is 4.04. The van der Waals surface area contributed by atoms with E-state index in [-0.39, 0.29) is 0 Å². The van der Waals surface area contributed by atoms with E-state index in [1.165, 1.54) is 11.1 Å². The van der Waals surface area contributed by atoms with Gasteiger partial charge in [0.05, 0.1) is 21.3 Å². The van der Waals surface area contributed by atoms with Crippen LogP contribution in [0.5, 0.6) is 23.0 Å². The molecule has 0 aliphatic carbocycles. The average molecular weight is 420 g/mol. The summed E-state index contributed by atoms with van der Waals surface area (Å²) in [6.45, 7) is 5.33. The number of ether oxygens (including phenoxy) is 4. The van der Waals surface area contributed by atoms with E-state index in [2.05, 4.69) is 42.2 Å². The number of methoxy groups -OCH3 is 3. The van der Waals surface area contributed by atoms with Gasteiger partial charge in [0.25, 0.3) is 0 Å². The van der Waals surface area contributed by atoms with Crippen LogP contribution in [-0.4, -0.2) is 39.4 Å². The summed E-state index contributed by atoms with van der Waals surface area (Å²) in [6.07, 6.45) is 0. The first-order chi connectivity index (χ1) is 15.1. The van der Waals surface area contributed by atoms with Gasteiger partial charge in [0.15, 0.2) is 23.0 Å². The third-order valence-electron chi connectivity index (χ3n) is 5.77. The van der Waals surface area contributed by atoms with E-state index in [0.717, 1.165) is 47.8 Å². The second kappa shape index (κ2) is 9.31. The lowest BCUT2D eigenvalue weighted by molar-refractivity contribution is 0.216. The first kappa shape index (κ1) is 21.1. The van der Waals surface area contributed by atoms with Gasteiger partial charge in [-0.2, -0.15) is 0 Å². The Balaban J connectivity index is 1.69. The van der Waals surface area contributed by atoms with Gasteiger partial charge in [-0.25, -0.2) is 0 Å². The molecule has 162 valence electrons. The summed E-state index contributed by atoms with van der Waals surface area (Å²) in [5.74, 6) is 2.99. The molecule has 1 aliphatic rings. The third kappa shape index (κ3) is 4.47. The van der Waals surface area contributed by atoms with Crippen molar-refractivity contribution in [2.45, 2.75) is 20.0 Å². The fourth-order valence-corrected chi connectivity index (χ4v) is 4.04. The number of benzene rings is 3. The fraction of sp³-hybridized carbons (Fsp3) is 0.308. The Labute approximate surface area is 184 Å². The Morgan fingerprint density at radius 3 is 2.32 bits per heavy atom. The van der Waals surface area contributed by atoms with E-state index in [1.54, 1.807) is 21.3 Å². The monoisotopic (exact) mass is 419 g/mol. The molecule has 0 aromatic heterocycles. The second-order valence-corrected chi connectivity index (χ2v) is 7.72. The van der Waals surface area contributed by atoms with E-state index >= 15 is 0 Å². The van der Waals surface area contributed by atoms with Gasteiger partial charge in [-0.15, -0.1) is 0 Å². The topological polar surface area (TPSA) is 40.2 Å². The molecule has 0 saturated carbocycles.